The standard InChI is InChI=1S/C21H22FN11O9P2S2.C20H22F2N10O8P2S3.C19H21F2N11O8P2S3/c1-2-21-5-38-44(36,46)42-14-11(22)8(39-19(14)33-17-13(30-31-33)18(34)29-20(24)28-17)4-37-43(35,45)41-9(21)3-10(40-21)32-7-27-12-15(23)25-6-26-16(12)32;21-8-7-2-37-42(35,44)39-12-6(38-18(9(12)22)31-4-27-10-14(23)25-3-26-15(10)31)1-36-41(34,43)40-13(8)19(45-7)32-5-28-11-16(32)29-20(24)30-17(11)33;20-7-6-2-37-42(35,44)39-11-5(38-17(8(11)21)31-4-26-9-13(22)24-3-25-14(9)31)1-36-41(34,43)40-12(7)18(45-6)32-15-10(29-30-32)16(33)28-19(23)27-15/h1,6-11,14,19H,3-5H2,(H,35,45)(H,36,46)(H2,23,25,26)(H3,24,28,29,34);3-9,12-13,18-19H,1-2H2,(H,34,43)(H,35,44)(H2,23,25,26)(H3,24,29,30,33);3-8,11-12,17-18H,1-2H2,(H,34,43)(H,35,44)(H2,22,24,25)(H3,23,27,28,33)/t8-,9+,10-,11+,14-,19-,21-,43?,44?;6-,7-,8-,9+,12-,13-,18-,19-,41?,42?;5-,6-,7-,8+,11-,12-,17-,18-,41?,42?/m111/s1. The number of rotatable bonds is 6. The van der Waals surface area contributed by atoms with Gasteiger partial charge in [-0.25, -0.2) is 81.0 Å². The molecule has 20 N–H and O–H groups in total. The lowest BCUT2D eigenvalue weighted by Crippen LogP contribution is -2.43. The van der Waals surface area contributed by atoms with Gasteiger partial charge in [0, 0.05) is 6.42 Å². The van der Waals surface area contributed by atoms with Crippen LogP contribution in [0, 0.1) is 12.3 Å². The third-order valence-corrected chi connectivity index (χ3v) is 34.2. The molecule has 0 radical (unpaired) electrons. The molecule has 76 heteroatoms. The normalized spacial score (nSPS) is 37.4. The van der Waals surface area contributed by atoms with Gasteiger partial charge in [0.15, 0.2) is 111 Å². The molecular formula is C60H65F5N32O25P6S8. The highest BCUT2D eigenvalue weighted by Crippen LogP contribution is 2.63. The molecular weight excluding hydrogens is 2110 g/mol. The molecule has 728 valence electrons. The number of nitrogen functional groups attached to an aromatic ring is 6. The fourth-order valence-electron chi connectivity index (χ4n) is 15.6. The molecule has 12 aromatic heterocycles. The van der Waals surface area contributed by atoms with Gasteiger partial charge in [-0.05, 0) is 59.0 Å². The van der Waals surface area contributed by atoms with E-state index in [1.165, 1.54) is 56.2 Å². The Bertz CT molecular complexity index is 7020. The van der Waals surface area contributed by atoms with Crippen LogP contribution in [0.2, 0.25) is 0 Å². The van der Waals surface area contributed by atoms with Gasteiger partial charge in [-0.1, -0.05) is 28.6 Å². The second-order valence-corrected chi connectivity index (χ2v) is 49.8. The maximum Gasteiger partial charge on any atom is 0.386 e. The number of hydrogen-bond donors (Lipinski definition) is 15. The van der Waals surface area contributed by atoms with E-state index in [0.29, 0.717) is 5.65 Å². The molecule has 9 aliphatic rings. The van der Waals surface area contributed by atoms with Gasteiger partial charge in [-0.3, -0.25) is 79.3 Å². The maximum absolute atomic E-state index is 16.0. The van der Waals surface area contributed by atoms with Crippen molar-refractivity contribution in [2.75, 3.05) is 74.0 Å². The van der Waals surface area contributed by atoms with Crippen molar-refractivity contribution in [1.29, 1.82) is 0 Å². The molecule has 0 spiro atoms. The summed E-state index contributed by atoms with van der Waals surface area (Å²) >= 11 is 31.9. The Labute approximate surface area is 790 Å². The largest absolute Gasteiger partial charge is 0.386 e. The molecule has 0 saturated carbocycles. The molecule has 9 saturated heterocycles. The SMILES string of the molecule is C#C[C@@]12COP(O)(=S)O[C@@H]3[C@@H](F)[C@@H](COP(=O)(S)O[C@H]1C[C@H](n1cnc4c(N)ncnc41)O2)O[C@H]3n1nnc2c(=O)[nH]c(N)nc21.Nc1nc2c(ncn2[C@@H]2S[C@@H]3COP(O)(=S)O[C@H]4[C@H](F)[C@H](n5cnc6c(N)ncnc65)O[C@@H]4COP(O)(=S)O[C@@H]2[C@@H]3F)c(=O)[nH]1.Nc1nc2c(nnn2[C@@H]2S[C@@H]3COP(O)(=S)O[C@H]4[C@H](F)[C@H](n5cnc6c(N)ncnc65)O[C@@H]4COP(O)(=S)O[C@@H]2[C@@H]3F)c(=O)[nH]1. The molecule has 136 heavy (non-hydrogen) atoms. The van der Waals surface area contributed by atoms with Crippen LogP contribution in [0.5, 0.6) is 0 Å². The van der Waals surface area contributed by atoms with E-state index >= 15 is 22.0 Å². The smallest absolute Gasteiger partial charge is 0.382 e. The van der Waals surface area contributed by atoms with Crippen molar-refractivity contribution in [2.24, 2.45) is 0 Å². The first-order chi connectivity index (χ1) is 64.4. The number of thioether (sulfide) groups is 2. The maximum atomic E-state index is 16.0. The third kappa shape index (κ3) is 18.7. The Morgan fingerprint density at radius 3 is 1.35 bits per heavy atom. The van der Waals surface area contributed by atoms with Crippen molar-refractivity contribution in [1.82, 2.24) is 128 Å². The number of halogens is 5. The van der Waals surface area contributed by atoms with E-state index in [0.717, 1.165) is 39.2 Å². The van der Waals surface area contributed by atoms with Gasteiger partial charge in [0.2, 0.25) is 17.8 Å². The van der Waals surface area contributed by atoms with Crippen molar-refractivity contribution in [3.63, 3.8) is 0 Å². The summed E-state index contributed by atoms with van der Waals surface area (Å²) < 4.78 is 191. The zero-order chi connectivity index (χ0) is 96.3. The summed E-state index contributed by atoms with van der Waals surface area (Å²) in [5.41, 5.74) is 31.2. The summed E-state index contributed by atoms with van der Waals surface area (Å²) in [5.74, 6) is 1.91. The molecule has 9 fully saturated rings. The summed E-state index contributed by atoms with van der Waals surface area (Å²) in [6.45, 7) is -29.6. The number of hydrogen-bond acceptors (Lipinski definition) is 50. The molecule has 9 aliphatic heterocycles. The molecule has 6 bridgehead atoms. The number of nitrogens with zero attached hydrogens (tertiary/aromatic N) is 23. The second kappa shape index (κ2) is 37.0. The highest BCUT2D eigenvalue weighted by molar-refractivity contribution is 8.44. The molecule has 29 atom stereocenters. The minimum atomic E-state index is -4.39. The average Bonchev–Trinajstić information content (AvgIpc) is 1.60. The highest BCUT2D eigenvalue weighted by atomic mass is 32.7. The van der Waals surface area contributed by atoms with Gasteiger partial charge in [-0.2, -0.15) is 19.6 Å². The van der Waals surface area contributed by atoms with Crippen LogP contribution in [-0.4, -0.2) is 294 Å². The number of alkyl halides is 5. The predicted octanol–water partition coefficient (Wildman–Crippen LogP) is 0.637. The van der Waals surface area contributed by atoms with Gasteiger partial charge in [0.1, 0.15) is 120 Å². The lowest BCUT2D eigenvalue weighted by molar-refractivity contribution is -0.0891. The number of nitrogens with two attached hydrogens (primary N) is 6. The summed E-state index contributed by atoms with van der Waals surface area (Å²) in [6, 6.07) is 0. The molecule has 21 heterocycles. The van der Waals surface area contributed by atoms with Crippen molar-refractivity contribution >= 4 is 237 Å². The zero-order valence-electron chi connectivity index (χ0n) is 67.3. The van der Waals surface area contributed by atoms with E-state index in [9.17, 15) is 43.4 Å². The van der Waals surface area contributed by atoms with Crippen molar-refractivity contribution in [3.8, 4) is 12.3 Å². The number of H-pyrrole nitrogens is 3. The second-order valence-electron chi connectivity index (χ2n) is 30.2. The summed E-state index contributed by atoms with van der Waals surface area (Å²) in [5, 5.41) is 10.9. The van der Waals surface area contributed by atoms with Gasteiger partial charge in [0.25, 0.3) is 16.7 Å². The Hall–Kier alpha value is -7.74. The fourth-order valence-corrected chi connectivity index (χ4v) is 27.5. The van der Waals surface area contributed by atoms with E-state index in [1.54, 1.807) is 0 Å². The quantitative estimate of drug-likeness (QED) is 0.0470. The summed E-state index contributed by atoms with van der Waals surface area (Å²) in [6.07, 6.45) is -14.2. The number of fused-ring (bicyclic) bond motifs is 15. The van der Waals surface area contributed by atoms with Gasteiger partial charge in [0.05, 0.1) is 75.5 Å². The minimum absolute atomic E-state index is 0.0151. The number of aromatic nitrogens is 26. The van der Waals surface area contributed by atoms with Crippen LogP contribution >= 0.6 is 76.2 Å². The molecule has 6 unspecified atom stereocenters. The van der Waals surface area contributed by atoms with E-state index in [1.807, 2.05) is 0 Å². The van der Waals surface area contributed by atoms with Crippen LogP contribution in [0.3, 0.4) is 0 Å². The van der Waals surface area contributed by atoms with E-state index in [-0.39, 0.29) is 103 Å². The van der Waals surface area contributed by atoms with Crippen molar-refractivity contribution in [2.45, 2.75) is 144 Å². The third-order valence-electron chi connectivity index (χ3n) is 21.8. The highest BCUT2D eigenvalue weighted by Gasteiger charge is 2.60. The van der Waals surface area contributed by atoms with Crippen LogP contribution in [0.1, 0.15) is 42.1 Å². The lowest BCUT2D eigenvalue weighted by Gasteiger charge is -2.32. The van der Waals surface area contributed by atoms with Crippen molar-refractivity contribution in [3.05, 3.63) is 75.4 Å². The molecule has 0 aliphatic carbocycles. The first-order valence-corrected chi connectivity index (χ1v) is 56.3. The van der Waals surface area contributed by atoms with Gasteiger partial charge in [-0.15, -0.1) is 40.1 Å². The monoisotopic (exact) mass is 2170 g/mol. The fraction of sp³-hybridized carbons (Fsp3) is 0.500. The van der Waals surface area contributed by atoms with Crippen LogP contribution in [-0.2, 0) is 137 Å². The Balaban J connectivity index is 0.000000131. The first-order valence-electron chi connectivity index (χ1n) is 38.7. The Kier molecular flexibility index (Phi) is 26.4. The van der Waals surface area contributed by atoms with Crippen LogP contribution in [0.25, 0.3) is 67.0 Å². The number of terminal acetylenes is 1. The first kappa shape index (κ1) is 97.1. The summed E-state index contributed by atoms with van der Waals surface area (Å²) in [7, 11) is 0. The van der Waals surface area contributed by atoms with Crippen LogP contribution < -0.4 is 51.1 Å². The summed E-state index contributed by atoms with van der Waals surface area (Å²) in [4.78, 5) is 152. The van der Waals surface area contributed by atoms with E-state index < -0.39 is 234 Å². The van der Waals surface area contributed by atoms with Gasteiger partial charge >= 0.3 is 40.4 Å². The van der Waals surface area contributed by atoms with Gasteiger partial charge < -0.3 is 100 Å². The van der Waals surface area contributed by atoms with Crippen molar-refractivity contribution < 1.29 is 124 Å². The lowest BCUT2D eigenvalue weighted by atomic mass is 9.99. The Morgan fingerprint density at radius 1 is 0.449 bits per heavy atom. The van der Waals surface area contributed by atoms with E-state index in [2.05, 4.69) is 119 Å². The number of anilines is 6. The topological polar surface area (TPSA) is 769 Å². The average molecular weight is 2170 g/mol. The Morgan fingerprint density at radius 2 is 0.846 bits per heavy atom. The number of nitrogens with one attached hydrogen (secondary N) is 3. The molecule has 57 nitrogen and oxygen atoms in total. The number of aromatic amines is 3. The predicted molar refractivity (Wildman–Crippen MR) is 480 cm³/mol. The molecule has 0 aromatic carbocycles. The molecule has 12 aromatic rings. The zero-order valence-corrected chi connectivity index (χ0v) is 79.3. The molecule has 21 rings (SSSR count). The molecule has 0 amide bonds. The number of imidazole rings is 4. The van der Waals surface area contributed by atoms with E-state index in [4.69, 9.17) is 173 Å². The number of ether oxygens (including phenoxy) is 4. The van der Waals surface area contributed by atoms with Crippen LogP contribution in [0.15, 0.2) is 58.7 Å². The minimum Gasteiger partial charge on any atom is -0.382 e. The number of thiol groups is 1. The van der Waals surface area contributed by atoms with Crippen LogP contribution in [0.4, 0.5) is 57.3 Å².